The highest BCUT2D eigenvalue weighted by molar-refractivity contribution is 6.08. The first-order chi connectivity index (χ1) is 13.3. The van der Waals surface area contributed by atoms with Crippen LogP contribution in [0.3, 0.4) is 0 Å². The Morgan fingerprint density at radius 3 is 2.25 bits per heavy atom. The third kappa shape index (κ3) is 3.39. The van der Waals surface area contributed by atoms with Gasteiger partial charge < -0.3 is 4.74 Å². The SMILES string of the molecule is CCC1(CC)C(c2ccccc2)=NC2(CCCCC2)N1OC(C)(C)C(=O)OC. The van der Waals surface area contributed by atoms with Crippen molar-refractivity contribution in [3.05, 3.63) is 35.9 Å². The van der Waals surface area contributed by atoms with Crippen LogP contribution in [-0.2, 0) is 14.4 Å². The third-order valence-electron chi connectivity index (χ3n) is 6.40. The molecule has 0 unspecified atom stereocenters. The second-order valence-electron chi connectivity index (χ2n) is 8.50. The van der Waals surface area contributed by atoms with Crippen LogP contribution in [0.1, 0.15) is 78.2 Å². The number of ether oxygens (including phenoxy) is 1. The second-order valence-corrected chi connectivity index (χ2v) is 8.50. The minimum Gasteiger partial charge on any atom is -0.467 e. The summed E-state index contributed by atoms with van der Waals surface area (Å²) in [4.78, 5) is 24.3. The summed E-state index contributed by atoms with van der Waals surface area (Å²) in [6.45, 7) is 7.94. The van der Waals surface area contributed by atoms with Crippen molar-refractivity contribution < 1.29 is 14.4 Å². The molecule has 0 amide bonds. The molecule has 0 radical (unpaired) electrons. The molecule has 1 aliphatic carbocycles. The third-order valence-corrected chi connectivity index (χ3v) is 6.40. The molecule has 1 fully saturated rings. The quantitative estimate of drug-likeness (QED) is 0.653. The largest absolute Gasteiger partial charge is 0.467 e. The predicted molar refractivity (Wildman–Crippen MR) is 111 cm³/mol. The van der Waals surface area contributed by atoms with Crippen molar-refractivity contribution in [1.82, 2.24) is 5.06 Å². The first-order valence-electron chi connectivity index (χ1n) is 10.6. The summed E-state index contributed by atoms with van der Waals surface area (Å²) < 4.78 is 5.02. The number of hydroxylamine groups is 2. The topological polar surface area (TPSA) is 51.1 Å². The molecule has 0 N–H and O–H groups in total. The summed E-state index contributed by atoms with van der Waals surface area (Å²) in [6.07, 6.45) is 7.07. The zero-order chi connectivity index (χ0) is 20.4. The molecule has 3 rings (SSSR count). The van der Waals surface area contributed by atoms with Crippen LogP contribution in [0.25, 0.3) is 0 Å². The van der Waals surface area contributed by atoms with Crippen LogP contribution in [0.2, 0.25) is 0 Å². The lowest BCUT2D eigenvalue weighted by Crippen LogP contribution is -2.61. The van der Waals surface area contributed by atoms with Gasteiger partial charge in [-0.3, -0.25) is 9.83 Å². The van der Waals surface area contributed by atoms with Crippen LogP contribution in [0.15, 0.2) is 35.3 Å². The number of esters is 1. The number of aliphatic imine (C=N–C) groups is 1. The predicted octanol–water partition coefficient (Wildman–Crippen LogP) is 4.89. The maximum Gasteiger partial charge on any atom is 0.339 e. The van der Waals surface area contributed by atoms with Crippen LogP contribution in [0.5, 0.6) is 0 Å². The van der Waals surface area contributed by atoms with E-state index in [0.717, 1.165) is 49.8 Å². The molecule has 0 atom stereocenters. The van der Waals surface area contributed by atoms with E-state index in [1.54, 1.807) is 13.8 Å². The number of methoxy groups -OCH3 is 1. The van der Waals surface area contributed by atoms with Gasteiger partial charge in [0, 0.05) is 0 Å². The summed E-state index contributed by atoms with van der Waals surface area (Å²) in [5.41, 5.74) is 0.361. The Balaban J connectivity index is 2.12. The van der Waals surface area contributed by atoms with Crippen molar-refractivity contribution >= 4 is 11.7 Å². The first kappa shape index (κ1) is 21.0. The number of nitrogens with zero attached hydrogens (tertiary/aromatic N) is 2. The molecule has 1 aliphatic heterocycles. The normalized spacial score (nSPS) is 21.5. The minimum absolute atomic E-state index is 0.368. The molecule has 1 saturated carbocycles. The summed E-state index contributed by atoms with van der Waals surface area (Å²) in [6, 6.07) is 10.4. The zero-order valence-corrected chi connectivity index (χ0v) is 18.0. The first-order valence-corrected chi connectivity index (χ1v) is 10.6. The molecule has 1 aromatic carbocycles. The number of rotatable bonds is 6. The Morgan fingerprint density at radius 2 is 1.71 bits per heavy atom. The number of hydrogen-bond acceptors (Lipinski definition) is 5. The van der Waals surface area contributed by atoms with Gasteiger partial charge in [-0.1, -0.05) is 50.6 Å². The molecular formula is C23H34N2O3. The van der Waals surface area contributed by atoms with E-state index in [0.29, 0.717) is 0 Å². The number of carbonyl (C=O) groups excluding carboxylic acids is 1. The van der Waals surface area contributed by atoms with Gasteiger partial charge in [-0.25, -0.2) is 4.79 Å². The summed E-state index contributed by atoms with van der Waals surface area (Å²) >= 11 is 0. The smallest absolute Gasteiger partial charge is 0.339 e. The van der Waals surface area contributed by atoms with Crippen molar-refractivity contribution in [3.63, 3.8) is 0 Å². The van der Waals surface area contributed by atoms with Gasteiger partial charge in [-0.2, -0.15) is 0 Å². The van der Waals surface area contributed by atoms with Gasteiger partial charge in [0.1, 0.15) is 5.66 Å². The van der Waals surface area contributed by atoms with Gasteiger partial charge in [0.15, 0.2) is 5.60 Å². The summed E-state index contributed by atoms with van der Waals surface area (Å²) in [7, 11) is 1.41. The molecule has 1 spiro atoms. The maximum absolute atomic E-state index is 12.4. The van der Waals surface area contributed by atoms with Crippen LogP contribution in [0.4, 0.5) is 0 Å². The minimum atomic E-state index is -1.07. The maximum atomic E-state index is 12.4. The molecule has 0 saturated heterocycles. The zero-order valence-electron chi connectivity index (χ0n) is 18.0. The van der Waals surface area contributed by atoms with E-state index in [2.05, 4.69) is 43.2 Å². The van der Waals surface area contributed by atoms with Gasteiger partial charge in [-0.05, 0) is 57.9 Å². The highest BCUT2D eigenvalue weighted by Crippen LogP contribution is 2.49. The van der Waals surface area contributed by atoms with E-state index in [4.69, 9.17) is 14.6 Å². The number of benzene rings is 1. The molecule has 5 heteroatoms. The molecule has 0 bridgehead atoms. The highest BCUT2D eigenvalue weighted by Gasteiger charge is 2.59. The molecular weight excluding hydrogens is 352 g/mol. The van der Waals surface area contributed by atoms with Gasteiger partial charge in [0.25, 0.3) is 0 Å². The monoisotopic (exact) mass is 386 g/mol. The summed E-state index contributed by atoms with van der Waals surface area (Å²) in [5.74, 6) is -0.368. The molecule has 154 valence electrons. The standard InChI is InChI=1S/C23H34N2O3/c1-6-22(7-2)19(18-14-10-8-11-15-18)24-23(16-12-9-13-17-23)25(22)28-21(3,4)20(26)27-5/h8,10-11,14-15H,6-7,9,12-13,16-17H2,1-5H3. The van der Waals surface area contributed by atoms with Crippen LogP contribution < -0.4 is 0 Å². The van der Waals surface area contributed by atoms with Gasteiger partial charge in [-0.15, -0.1) is 5.06 Å². The summed E-state index contributed by atoms with van der Waals surface area (Å²) in [5, 5.41) is 2.10. The van der Waals surface area contributed by atoms with Crippen LogP contribution >= 0.6 is 0 Å². The lowest BCUT2D eigenvalue weighted by Gasteiger charge is -2.48. The van der Waals surface area contributed by atoms with E-state index < -0.39 is 11.3 Å². The average molecular weight is 387 g/mol. The number of carbonyl (C=O) groups is 1. The Morgan fingerprint density at radius 1 is 1.11 bits per heavy atom. The molecule has 2 aliphatic rings. The fraction of sp³-hybridized carbons (Fsp3) is 0.652. The Labute approximate surface area is 169 Å². The van der Waals surface area contributed by atoms with Crippen LogP contribution in [-0.4, -0.2) is 40.7 Å². The molecule has 0 aromatic heterocycles. The molecule has 5 nitrogen and oxygen atoms in total. The van der Waals surface area contributed by atoms with Crippen molar-refractivity contribution in [2.24, 2.45) is 4.99 Å². The lowest BCUT2D eigenvalue weighted by atomic mass is 9.82. The Kier molecular flexibility index (Phi) is 5.97. The second kappa shape index (κ2) is 7.96. The van der Waals surface area contributed by atoms with E-state index in [1.165, 1.54) is 13.5 Å². The molecule has 1 heterocycles. The lowest BCUT2D eigenvalue weighted by molar-refractivity contribution is -0.308. The van der Waals surface area contributed by atoms with Gasteiger partial charge >= 0.3 is 5.97 Å². The van der Waals surface area contributed by atoms with Crippen molar-refractivity contribution in [1.29, 1.82) is 0 Å². The van der Waals surface area contributed by atoms with Crippen molar-refractivity contribution in [3.8, 4) is 0 Å². The Bertz CT molecular complexity index is 717. The van der Waals surface area contributed by atoms with E-state index in [-0.39, 0.29) is 11.5 Å². The van der Waals surface area contributed by atoms with E-state index in [1.807, 2.05) is 6.07 Å². The van der Waals surface area contributed by atoms with Crippen molar-refractivity contribution in [2.45, 2.75) is 89.4 Å². The highest BCUT2D eigenvalue weighted by atomic mass is 16.7. The van der Waals surface area contributed by atoms with E-state index >= 15 is 0 Å². The average Bonchev–Trinajstić information content (AvgIpc) is 2.97. The molecule has 1 aromatic rings. The van der Waals surface area contributed by atoms with Crippen molar-refractivity contribution in [2.75, 3.05) is 7.11 Å². The van der Waals surface area contributed by atoms with Gasteiger partial charge in [0.2, 0.25) is 0 Å². The Hall–Kier alpha value is -1.72. The van der Waals surface area contributed by atoms with Crippen LogP contribution in [0, 0.1) is 0 Å². The number of hydrogen-bond donors (Lipinski definition) is 0. The van der Waals surface area contributed by atoms with E-state index in [9.17, 15) is 4.79 Å². The van der Waals surface area contributed by atoms with Gasteiger partial charge in [0.05, 0.1) is 18.4 Å². The fourth-order valence-corrected chi connectivity index (χ4v) is 4.77. The fourth-order valence-electron chi connectivity index (χ4n) is 4.77. The molecule has 28 heavy (non-hydrogen) atoms.